The van der Waals surface area contributed by atoms with Gasteiger partial charge in [0.1, 0.15) is 24.2 Å². The second-order valence-electron chi connectivity index (χ2n) is 3.96. The molecule has 1 rings (SSSR count). The maximum absolute atomic E-state index is 9.73. The smallest absolute Gasteiger partial charge is 0.133 e. The van der Waals surface area contributed by atoms with Gasteiger partial charge in [-0.2, -0.15) is 0 Å². The lowest BCUT2D eigenvalue weighted by Crippen LogP contribution is -2.33. The van der Waals surface area contributed by atoms with Gasteiger partial charge >= 0.3 is 0 Å². The Morgan fingerprint density at radius 3 is 2.79 bits per heavy atom. The maximum atomic E-state index is 9.73. The first-order valence-electron chi connectivity index (χ1n) is 6.01. The third-order valence-electron chi connectivity index (χ3n) is 2.43. The van der Waals surface area contributed by atoms with E-state index in [0.29, 0.717) is 25.4 Å². The molecule has 0 amide bonds. The van der Waals surface area contributed by atoms with Gasteiger partial charge < -0.3 is 24.6 Å². The van der Waals surface area contributed by atoms with Crippen LogP contribution in [0.15, 0.2) is 22.7 Å². The lowest BCUT2D eigenvalue weighted by molar-refractivity contribution is 0.103. The SMILES string of the molecule is COCCNCC(O)COc1ccc(OC)cc1Br. The average molecular weight is 334 g/mol. The van der Waals surface area contributed by atoms with Gasteiger partial charge in [0.15, 0.2) is 0 Å². The van der Waals surface area contributed by atoms with E-state index in [0.717, 1.165) is 10.2 Å². The van der Waals surface area contributed by atoms with Crippen LogP contribution >= 0.6 is 15.9 Å². The molecule has 0 saturated heterocycles. The van der Waals surface area contributed by atoms with Crippen molar-refractivity contribution in [1.29, 1.82) is 0 Å². The van der Waals surface area contributed by atoms with Crippen molar-refractivity contribution in [3.8, 4) is 11.5 Å². The highest BCUT2D eigenvalue weighted by atomic mass is 79.9. The highest BCUT2D eigenvalue weighted by Crippen LogP contribution is 2.29. The van der Waals surface area contributed by atoms with E-state index < -0.39 is 6.10 Å². The first-order chi connectivity index (χ1) is 9.17. The zero-order chi connectivity index (χ0) is 14.1. The molecule has 0 aliphatic heterocycles. The Hall–Kier alpha value is -0.820. The summed E-state index contributed by atoms with van der Waals surface area (Å²) in [5.41, 5.74) is 0. The number of halogens is 1. The summed E-state index contributed by atoms with van der Waals surface area (Å²) < 4.78 is 16.3. The third kappa shape index (κ3) is 6.24. The van der Waals surface area contributed by atoms with Gasteiger partial charge in [0.25, 0.3) is 0 Å². The lowest BCUT2D eigenvalue weighted by Gasteiger charge is -2.14. The van der Waals surface area contributed by atoms with E-state index in [9.17, 15) is 5.11 Å². The number of aliphatic hydroxyl groups excluding tert-OH is 1. The van der Waals surface area contributed by atoms with E-state index in [-0.39, 0.29) is 6.61 Å². The Kier molecular flexibility index (Phi) is 7.81. The molecular formula is C13H20BrNO4. The molecule has 1 aromatic rings. The molecule has 0 aliphatic rings. The quantitative estimate of drug-likeness (QED) is 0.669. The van der Waals surface area contributed by atoms with Crippen LogP contribution in [0.4, 0.5) is 0 Å². The summed E-state index contributed by atoms with van der Waals surface area (Å²) in [4.78, 5) is 0. The Bertz CT molecular complexity index is 376. The summed E-state index contributed by atoms with van der Waals surface area (Å²) in [6, 6.07) is 5.43. The van der Waals surface area contributed by atoms with Crippen molar-refractivity contribution in [1.82, 2.24) is 5.32 Å². The van der Waals surface area contributed by atoms with Crippen LogP contribution in [0.5, 0.6) is 11.5 Å². The summed E-state index contributed by atoms with van der Waals surface area (Å²) in [7, 11) is 3.25. The first-order valence-corrected chi connectivity index (χ1v) is 6.80. The molecule has 2 N–H and O–H groups in total. The van der Waals surface area contributed by atoms with E-state index in [4.69, 9.17) is 14.2 Å². The number of methoxy groups -OCH3 is 2. The zero-order valence-electron chi connectivity index (χ0n) is 11.2. The van der Waals surface area contributed by atoms with Crippen molar-refractivity contribution >= 4 is 15.9 Å². The van der Waals surface area contributed by atoms with Gasteiger partial charge in [0.05, 0.1) is 18.2 Å². The van der Waals surface area contributed by atoms with Gasteiger partial charge in [-0.15, -0.1) is 0 Å². The van der Waals surface area contributed by atoms with Crippen molar-refractivity contribution in [3.63, 3.8) is 0 Å². The number of hydrogen-bond acceptors (Lipinski definition) is 5. The fourth-order valence-electron chi connectivity index (χ4n) is 1.41. The molecule has 0 aliphatic carbocycles. The number of rotatable bonds is 9. The van der Waals surface area contributed by atoms with Crippen LogP contribution in [0.2, 0.25) is 0 Å². The summed E-state index contributed by atoms with van der Waals surface area (Å²) in [6.07, 6.45) is -0.564. The van der Waals surface area contributed by atoms with Crippen LogP contribution in [-0.4, -0.2) is 51.7 Å². The molecule has 6 heteroatoms. The van der Waals surface area contributed by atoms with Crippen molar-refractivity contribution in [2.75, 3.05) is 40.5 Å². The van der Waals surface area contributed by atoms with Crippen LogP contribution in [0.1, 0.15) is 0 Å². The monoisotopic (exact) mass is 333 g/mol. The topological polar surface area (TPSA) is 60.0 Å². The largest absolute Gasteiger partial charge is 0.497 e. The fourth-order valence-corrected chi connectivity index (χ4v) is 1.89. The van der Waals surface area contributed by atoms with Crippen LogP contribution in [0, 0.1) is 0 Å². The normalized spacial score (nSPS) is 12.2. The molecule has 1 unspecified atom stereocenters. The minimum atomic E-state index is -0.564. The average Bonchev–Trinajstić information content (AvgIpc) is 2.42. The van der Waals surface area contributed by atoms with Crippen LogP contribution in [0.3, 0.4) is 0 Å². The van der Waals surface area contributed by atoms with E-state index in [1.807, 2.05) is 12.1 Å². The molecule has 5 nitrogen and oxygen atoms in total. The highest BCUT2D eigenvalue weighted by Gasteiger charge is 2.07. The Morgan fingerprint density at radius 1 is 1.37 bits per heavy atom. The van der Waals surface area contributed by atoms with E-state index in [1.165, 1.54) is 0 Å². The van der Waals surface area contributed by atoms with Crippen molar-refractivity contribution in [2.24, 2.45) is 0 Å². The molecule has 19 heavy (non-hydrogen) atoms. The second-order valence-corrected chi connectivity index (χ2v) is 4.81. The molecule has 0 heterocycles. The molecule has 0 fully saturated rings. The molecule has 0 saturated carbocycles. The minimum Gasteiger partial charge on any atom is -0.497 e. The predicted octanol–water partition coefficient (Wildman–Crippen LogP) is 1.43. The van der Waals surface area contributed by atoms with Gasteiger partial charge in [-0.3, -0.25) is 0 Å². The maximum Gasteiger partial charge on any atom is 0.133 e. The highest BCUT2D eigenvalue weighted by molar-refractivity contribution is 9.10. The number of benzene rings is 1. The third-order valence-corrected chi connectivity index (χ3v) is 3.05. The lowest BCUT2D eigenvalue weighted by atomic mass is 10.3. The van der Waals surface area contributed by atoms with E-state index in [1.54, 1.807) is 20.3 Å². The molecule has 1 atom stereocenters. The van der Waals surface area contributed by atoms with Gasteiger partial charge in [-0.25, -0.2) is 0 Å². The molecule has 0 bridgehead atoms. The number of nitrogens with one attached hydrogen (secondary N) is 1. The van der Waals surface area contributed by atoms with Crippen molar-refractivity contribution in [3.05, 3.63) is 22.7 Å². The second kappa shape index (κ2) is 9.14. The van der Waals surface area contributed by atoms with Crippen molar-refractivity contribution < 1.29 is 19.3 Å². The van der Waals surface area contributed by atoms with Crippen LogP contribution < -0.4 is 14.8 Å². The van der Waals surface area contributed by atoms with Crippen molar-refractivity contribution in [2.45, 2.75) is 6.10 Å². The molecule has 0 spiro atoms. The van der Waals surface area contributed by atoms with Gasteiger partial charge in [0, 0.05) is 20.2 Å². The predicted molar refractivity (Wildman–Crippen MR) is 76.9 cm³/mol. The first kappa shape index (κ1) is 16.2. The Morgan fingerprint density at radius 2 is 2.16 bits per heavy atom. The zero-order valence-corrected chi connectivity index (χ0v) is 12.8. The van der Waals surface area contributed by atoms with E-state index >= 15 is 0 Å². The van der Waals surface area contributed by atoms with E-state index in [2.05, 4.69) is 21.2 Å². The Labute approximate surface area is 122 Å². The minimum absolute atomic E-state index is 0.227. The molecule has 1 aromatic carbocycles. The van der Waals surface area contributed by atoms with Gasteiger partial charge in [-0.05, 0) is 34.1 Å². The molecule has 0 radical (unpaired) electrons. The molecule has 108 valence electrons. The van der Waals surface area contributed by atoms with Gasteiger partial charge in [-0.1, -0.05) is 0 Å². The number of aliphatic hydroxyl groups is 1. The number of hydrogen-bond donors (Lipinski definition) is 2. The summed E-state index contributed by atoms with van der Waals surface area (Å²) in [6.45, 7) is 2.03. The Balaban J connectivity index is 2.31. The molecule has 0 aromatic heterocycles. The fraction of sp³-hybridized carbons (Fsp3) is 0.538. The van der Waals surface area contributed by atoms with Crippen LogP contribution in [-0.2, 0) is 4.74 Å². The summed E-state index contributed by atoms with van der Waals surface area (Å²) >= 11 is 3.39. The van der Waals surface area contributed by atoms with Crippen LogP contribution in [0.25, 0.3) is 0 Å². The summed E-state index contributed by atoms with van der Waals surface area (Å²) in [5, 5.41) is 12.8. The number of ether oxygens (including phenoxy) is 3. The van der Waals surface area contributed by atoms with Gasteiger partial charge in [0.2, 0.25) is 0 Å². The standard InChI is InChI=1S/C13H20BrNO4/c1-17-6-5-15-8-10(16)9-19-13-4-3-11(18-2)7-12(13)14/h3-4,7,10,15-16H,5-6,8-9H2,1-2H3. The summed E-state index contributed by atoms with van der Waals surface area (Å²) in [5.74, 6) is 1.43. The molecular weight excluding hydrogens is 314 g/mol.